The maximum atomic E-state index is 5.72. The minimum Gasteiger partial charge on any atom is -0.489 e. The van der Waals surface area contributed by atoms with Gasteiger partial charge < -0.3 is 10.1 Å². The molecule has 1 aromatic carbocycles. The van der Waals surface area contributed by atoms with Crippen molar-refractivity contribution in [3.63, 3.8) is 0 Å². The number of hydrogen-bond donors (Lipinski definition) is 1. The molecule has 0 aliphatic heterocycles. The van der Waals surface area contributed by atoms with Crippen LogP contribution in [0.4, 0.5) is 0 Å². The minimum atomic E-state index is 0.488. The topological polar surface area (TPSA) is 39.1 Å². The van der Waals surface area contributed by atoms with Crippen LogP contribution in [0.15, 0.2) is 36.7 Å². The van der Waals surface area contributed by atoms with Crippen molar-refractivity contribution < 1.29 is 4.74 Å². The van der Waals surface area contributed by atoms with Crippen molar-refractivity contribution in [3.05, 3.63) is 47.8 Å². The summed E-state index contributed by atoms with van der Waals surface area (Å²) in [5.41, 5.74) is 2.39. The molecule has 4 heteroatoms. The second-order valence-electron chi connectivity index (χ2n) is 4.85. The van der Waals surface area contributed by atoms with Crippen molar-refractivity contribution in [1.82, 2.24) is 15.1 Å². The van der Waals surface area contributed by atoms with Crippen molar-refractivity contribution in [2.75, 3.05) is 7.05 Å². The standard InChI is InChI=1S/C15H21N3O/c1-12(16-2)8-13-4-6-15(7-5-13)19-11-14-9-17-18(3)10-14/h4-7,9-10,12,16H,8,11H2,1-3H3. The SMILES string of the molecule is CNC(C)Cc1ccc(OCc2cnn(C)c2)cc1. The molecule has 19 heavy (non-hydrogen) atoms. The Hall–Kier alpha value is -1.81. The Kier molecular flexibility index (Phi) is 4.58. The van der Waals surface area contributed by atoms with Crippen molar-refractivity contribution >= 4 is 0 Å². The van der Waals surface area contributed by atoms with Crippen LogP contribution in [0.5, 0.6) is 5.75 Å². The number of nitrogens with one attached hydrogen (secondary N) is 1. The molecule has 0 spiro atoms. The van der Waals surface area contributed by atoms with Gasteiger partial charge in [-0.2, -0.15) is 5.10 Å². The Labute approximate surface area is 114 Å². The van der Waals surface area contributed by atoms with Crippen LogP contribution in [0.3, 0.4) is 0 Å². The summed E-state index contributed by atoms with van der Waals surface area (Å²) >= 11 is 0. The zero-order chi connectivity index (χ0) is 13.7. The third kappa shape index (κ3) is 4.10. The van der Waals surface area contributed by atoms with Gasteiger partial charge in [-0.15, -0.1) is 0 Å². The molecule has 1 aromatic heterocycles. The lowest BCUT2D eigenvalue weighted by atomic mass is 10.1. The van der Waals surface area contributed by atoms with Crippen molar-refractivity contribution in [1.29, 1.82) is 0 Å². The molecular formula is C15H21N3O. The Morgan fingerprint density at radius 1 is 1.26 bits per heavy atom. The molecule has 1 atom stereocenters. The van der Waals surface area contributed by atoms with Gasteiger partial charge in [0.05, 0.1) is 6.20 Å². The first-order valence-corrected chi connectivity index (χ1v) is 6.54. The van der Waals surface area contributed by atoms with Gasteiger partial charge >= 0.3 is 0 Å². The van der Waals surface area contributed by atoms with E-state index in [0.29, 0.717) is 12.6 Å². The third-order valence-electron chi connectivity index (χ3n) is 3.12. The van der Waals surface area contributed by atoms with E-state index < -0.39 is 0 Å². The van der Waals surface area contributed by atoms with E-state index in [1.54, 1.807) is 4.68 Å². The maximum absolute atomic E-state index is 5.72. The summed E-state index contributed by atoms with van der Waals surface area (Å²) in [6.07, 6.45) is 4.81. The Bertz CT molecular complexity index is 504. The van der Waals surface area contributed by atoms with E-state index >= 15 is 0 Å². The number of rotatable bonds is 6. The number of aromatic nitrogens is 2. The fourth-order valence-corrected chi connectivity index (χ4v) is 1.89. The van der Waals surface area contributed by atoms with Gasteiger partial charge in [0.15, 0.2) is 0 Å². The summed E-state index contributed by atoms with van der Waals surface area (Å²) in [5.74, 6) is 0.893. The van der Waals surface area contributed by atoms with Gasteiger partial charge in [-0.1, -0.05) is 12.1 Å². The average Bonchev–Trinajstić information content (AvgIpc) is 2.83. The van der Waals surface area contributed by atoms with E-state index in [0.717, 1.165) is 17.7 Å². The lowest BCUT2D eigenvalue weighted by Gasteiger charge is -2.10. The minimum absolute atomic E-state index is 0.488. The van der Waals surface area contributed by atoms with Crippen LogP contribution < -0.4 is 10.1 Å². The summed E-state index contributed by atoms with van der Waals surface area (Å²) in [4.78, 5) is 0. The van der Waals surface area contributed by atoms with Crippen molar-refractivity contribution in [2.24, 2.45) is 7.05 Å². The highest BCUT2D eigenvalue weighted by Crippen LogP contribution is 2.15. The molecule has 0 saturated heterocycles. The summed E-state index contributed by atoms with van der Waals surface area (Å²) in [7, 11) is 3.89. The number of benzene rings is 1. The van der Waals surface area contributed by atoms with Crippen LogP contribution in [0, 0.1) is 0 Å². The van der Waals surface area contributed by atoms with Crippen molar-refractivity contribution in [2.45, 2.75) is 26.0 Å². The first-order chi connectivity index (χ1) is 9.17. The van der Waals surface area contributed by atoms with Crippen LogP contribution in [0.1, 0.15) is 18.1 Å². The first kappa shape index (κ1) is 13.6. The Morgan fingerprint density at radius 2 is 2.00 bits per heavy atom. The maximum Gasteiger partial charge on any atom is 0.119 e. The average molecular weight is 259 g/mol. The molecule has 2 rings (SSSR count). The normalized spacial score (nSPS) is 12.4. The number of aryl methyl sites for hydroxylation is 1. The highest BCUT2D eigenvalue weighted by molar-refractivity contribution is 5.28. The zero-order valence-corrected chi connectivity index (χ0v) is 11.8. The van der Waals surface area contributed by atoms with E-state index in [-0.39, 0.29) is 0 Å². The van der Waals surface area contributed by atoms with Crippen LogP contribution in [0.2, 0.25) is 0 Å². The molecule has 0 aliphatic rings. The van der Waals surface area contributed by atoms with Gasteiger partial charge in [0.2, 0.25) is 0 Å². The van der Waals surface area contributed by atoms with Gasteiger partial charge in [0.1, 0.15) is 12.4 Å². The third-order valence-corrected chi connectivity index (χ3v) is 3.12. The summed E-state index contributed by atoms with van der Waals surface area (Å²) < 4.78 is 7.50. The van der Waals surface area contributed by atoms with Gasteiger partial charge in [-0.05, 0) is 38.1 Å². The van der Waals surface area contributed by atoms with Gasteiger partial charge in [-0.3, -0.25) is 4.68 Å². The second-order valence-corrected chi connectivity index (χ2v) is 4.85. The lowest BCUT2D eigenvalue weighted by Crippen LogP contribution is -2.23. The molecule has 102 valence electrons. The largest absolute Gasteiger partial charge is 0.489 e. The molecule has 2 aromatic rings. The molecule has 1 N–H and O–H groups in total. The van der Waals surface area contributed by atoms with Crippen LogP contribution in [-0.4, -0.2) is 22.9 Å². The number of nitrogens with zero attached hydrogens (tertiary/aromatic N) is 2. The fraction of sp³-hybridized carbons (Fsp3) is 0.400. The van der Waals surface area contributed by atoms with Gasteiger partial charge in [0.25, 0.3) is 0 Å². The Balaban J connectivity index is 1.88. The van der Waals surface area contributed by atoms with Crippen LogP contribution in [0.25, 0.3) is 0 Å². The van der Waals surface area contributed by atoms with Gasteiger partial charge in [-0.25, -0.2) is 0 Å². The molecule has 0 fully saturated rings. The van der Waals surface area contributed by atoms with E-state index in [9.17, 15) is 0 Å². The molecule has 0 aliphatic carbocycles. The molecule has 0 bridgehead atoms. The highest BCUT2D eigenvalue weighted by atomic mass is 16.5. The number of likely N-dealkylation sites (N-methyl/N-ethyl adjacent to an activating group) is 1. The molecule has 1 heterocycles. The zero-order valence-electron chi connectivity index (χ0n) is 11.8. The fourth-order valence-electron chi connectivity index (χ4n) is 1.89. The molecule has 0 amide bonds. The smallest absolute Gasteiger partial charge is 0.119 e. The summed E-state index contributed by atoms with van der Waals surface area (Å²) in [6, 6.07) is 8.77. The van der Waals surface area contributed by atoms with E-state index in [2.05, 4.69) is 29.5 Å². The van der Waals surface area contributed by atoms with E-state index in [1.165, 1.54) is 5.56 Å². The van der Waals surface area contributed by atoms with Crippen molar-refractivity contribution in [3.8, 4) is 5.75 Å². The van der Waals surface area contributed by atoms with Crippen LogP contribution in [-0.2, 0) is 20.1 Å². The quantitative estimate of drug-likeness (QED) is 0.864. The molecule has 0 saturated carbocycles. The summed E-state index contributed by atoms with van der Waals surface area (Å²) in [6.45, 7) is 2.73. The predicted molar refractivity (Wildman–Crippen MR) is 76.2 cm³/mol. The lowest BCUT2D eigenvalue weighted by molar-refractivity contribution is 0.306. The van der Waals surface area contributed by atoms with E-state index in [4.69, 9.17) is 4.74 Å². The summed E-state index contributed by atoms with van der Waals surface area (Å²) in [5, 5.41) is 7.35. The Morgan fingerprint density at radius 3 is 2.58 bits per heavy atom. The molecule has 4 nitrogen and oxygen atoms in total. The van der Waals surface area contributed by atoms with E-state index in [1.807, 2.05) is 38.6 Å². The first-order valence-electron chi connectivity index (χ1n) is 6.54. The second kappa shape index (κ2) is 6.38. The van der Waals surface area contributed by atoms with Gasteiger partial charge in [0, 0.05) is 24.8 Å². The predicted octanol–water partition coefficient (Wildman–Crippen LogP) is 2.15. The molecular weight excluding hydrogens is 238 g/mol. The molecule has 1 unspecified atom stereocenters. The number of hydrogen-bond acceptors (Lipinski definition) is 3. The van der Waals surface area contributed by atoms with Crippen LogP contribution >= 0.6 is 0 Å². The molecule has 0 radical (unpaired) electrons. The number of ether oxygens (including phenoxy) is 1. The highest BCUT2D eigenvalue weighted by Gasteiger charge is 2.02. The monoisotopic (exact) mass is 259 g/mol.